The summed E-state index contributed by atoms with van der Waals surface area (Å²) < 4.78 is 1.57. The first-order valence-corrected chi connectivity index (χ1v) is 8.72. The molecule has 3 rings (SSSR count). The molecule has 2 fully saturated rings. The molecule has 0 bridgehead atoms. The van der Waals surface area contributed by atoms with Gasteiger partial charge in [0.25, 0.3) is 5.56 Å². The van der Waals surface area contributed by atoms with Crippen LogP contribution in [0.4, 0.5) is 0 Å². The van der Waals surface area contributed by atoms with E-state index in [1.165, 1.54) is 12.8 Å². The van der Waals surface area contributed by atoms with Gasteiger partial charge < -0.3 is 4.90 Å². The summed E-state index contributed by atoms with van der Waals surface area (Å²) in [5.74, 6) is 0.921. The van der Waals surface area contributed by atoms with Gasteiger partial charge >= 0.3 is 0 Å². The molecule has 0 atom stereocenters. The maximum Gasteiger partial charge on any atom is 0.266 e. The Morgan fingerprint density at radius 3 is 2.48 bits per heavy atom. The summed E-state index contributed by atoms with van der Waals surface area (Å²) >= 11 is 0. The highest BCUT2D eigenvalue weighted by Crippen LogP contribution is 2.29. The molecule has 1 saturated carbocycles. The number of amides is 1. The Bertz CT molecular complexity index is 632. The first-order valence-electron chi connectivity index (χ1n) is 8.72. The van der Waals surface area contributed by atoms with Crippen LogP contribution >= 0.6 is 0 Å². The monoisotopic (exact) mass is 317 g/mol. The Hall–Kier alpha value is -1.65. The molecule has 1 amide bonds. The van der Waals surface area contributed by atoms with E-state index in [9.17, 15) is 9.59 Å². The van der Waals surface area contributed by atoms with Crippen molar-refractivity contribution in [1.82, 2.24) is 14.7 Å². The van der Waals surface area contributed by atoms with E-state index in [-0.39, 0.29) is 16.9 Å². The van der Waals surface area contributed by atoms with Crippen LogP contribution in [0.2, 0.25) is 0 Å². The maximum absolute atomic E-state index is 12.3. The predicted octanol–water partition coefficient (Wildman–Crippen LogP) is 2.19. The van der Waals surface area contributed by atoms with E-state index in [2.05, 4.69) is 25.9 Å². The Kier molecular flexibility index (Phi) is 4.30. The third-order valence-electron chi connectivity index (χ3n) is 5.04. The quantitative estimate of drug-likeness (QED) is 0.859. The van der Waals surface area contributed by atoms with Crippen molar-refractivity contribution in [2.75, 3.05) is 13.1 Å². The SMILES string of the molecule is CC(C)(C)c1ccc(=O)n(CC2CN(C(=O)C3CCCC3)C2)n1. The van der Waals surface area contributed by atoms with E-state index in [0.29, 0.717) is 18.4 Å². The van der Waals surface area contributed by atoms with Gasteiger partial charge in [0.1, 0.15) is 0 Å². The number of nitrogens with zero attached hydrogens (tertiary/aromatic N) is 3. The second kappa shape index (κ2) is 6.10. The summed E-state index contributed by atoms with van der Waals surface area (Å²) in [6, 6.07) is 3.42. The summed E-state index contributed by atoms with van der Waals surface area (Å²) in [6.07, 6.45) is 4.47. The van der Waals surface area contributed by atoms with E-state index in [1.54, 1.807) is 10.7 Å². The van der Waals surface area contributed by atoms with Crippen LogP contribution in [-0.4, -0.2) is 33.7 Å². The van der Waals surface area contributed by atoms with Crippen LogP contribution in [0.25, 0.3) is 0 Å². The summed E-state index contributed by atoms with van der Waals surface area (Å²) in [5.41, 5.74) is 0.799. The topological polar surface area (TPSA) is 55.2 Å². The third kappa shape index (κ3) is 3.48. The molecule has 1 aromatic rings. The minimum atomic E-state index is -0.0699. The van der Waals surface area contributed by atoms with Crippen molar-refractivity contribution in [3.05, 3.63) is 28.2 Å². The molecule has 1 aliphatic carbocycles. The fourth-order valence-corrected chi connectivity index (χ4v) is 3.52. The van der Waals surface area contributed by atoms with Gasteiger partial charge in [0.05, 0.1) is 12.2 Å². The van der Waals surface area contributed by atoms with Gasteiger partial charge in [-0.2, -0.15) is 5.10 Å². The molecule has 0 spiro atoms. The Morgan fingerprint density at radius 1 is 1.22 bits per heavy atom. The minimum Gasteiger partial charge on any atom is -0.342 e. The summed E-state index contributed by atoms with van der Waals surface area (Å²) in [7, 11) is 0. The third-order valence-corrected chi connectivity index (χ3v) is 5.04. The normalized spacial score (nSPS) is 19.9. The lowest BCUT2D eigenvalue weighted by Gasteiger charge is -2.40. The largest absolute Gasteiger partial charge is 0.342 e. The van der Waals surface area contributed by atoms with Crippen molar-refractivity contribution < 1.29 is 4.79 Å². The van der Waals surface area contributed by atoms with Gasteiger partial charge in [0, 0.05) is 36.4 Å². The zero-order valence-corrected chi connectivity index (χ0v) is 14.4. The molecule has 1 saturated heterocycles. The molecule has 23 heavy (non-hydrogen) atoms. The van der Waals surface area contributed by atoms with E-state index in [4.69, 9.17) is 0 Å². The van der Waals surface area contributed by atoms with E-state index >= 15 is 0 Å². The average Bonchev–Trinajstić information content (AvgIpc) is 2.96. The van der Waals surface area contributed by atoms with E-state index < -0.39 is 0 Å². The van der Waals surface area contributed by atoms with Crippen LogP contribution in [0.5, 0.6) is 0 Å². The standard InChI is InChI=1S/C18H27N3O2/c1-18(2,3)15-8-9-16(22)21(19-15)12-13-10-20(11-13)17(23)14-6-4-5-7-14/h8-9,13-14H,4-7,10-12H2,1-3H3. The lowest BCUT2D eigenvalue weighted by molar-refractivity contribution is -0.142. The molecule has 1 aliphatic heterocycles. The Balaban J connectivity index is 1.59. The summed E-state index contributed by atoms with van der Waals surface area (Å²) in [4.78, 5) is 26.3. The van der Waals surface area contributed by atoms with Crippen LogP contribution in [0, 0.1) is 11.8 Å². The molecule has 5 heteroatoms. The molecule has 0 aromatic carbocycles. The number of carbonyl (C=O) groups excluding carboxylic acids is 1. The second-order valence-corrected chi connectivity index (χ2v) is 8.08. The molecule has 126 valence electrons. The van der Waals surface area contributed by atoms with Crippen molar-refractivity contribution >= 4 is 5.91 Å². The fraction of sp³-hybridized carbons (Fsp3) is 0.722. The van der Waals surface area contributed by atoms with Gasteiger partial charge in [-0.25, -0.2) is 4.68 Å². The summed E-state index contributed by atoms with van der Waals surface area (Å²) in [6.45, 7) is 8.42. The lowest BCUT2D eigenvalue weighted by atomic mass is 9.92. The lowest BCUT2D eigenvalue weighted by Crippen LogP contribution is -2.53. The van der Waals surface area contributed by atoms with E-state index in [1.807, 2.05) is 11.0 Å². The van der Waals surface area contributed by atoms with Gasteiger partial charge in [-0.1, -0.05) is 33.6 Å². The van der Waals surface area contributed by atoms with Crippen LogP contribution < -0.4 is 5.56 Å². The second-order valence-electron chi connectivity index (χ2n) is 8.08. The molecule has 0 unspecified atom stereocenters. The summed E-state index contributed by atoms with van der Waals surface area (Å²) in [5, 5.41) is 4.51. The van der Waals surface area contributed by atoms with Crippen LogP contribution in [0.15, 0.2) is 16.9 Å². The number of hydrogen-bond acceptors (Lipinski definition) is 3. The van der Waals surface area contributed by atoms with E-state index in [0.717, 1.165) is 31.6 Å². The first kappa shape index (κ1) is 16.2. The van der Waals surface area contributed by atoms with Gasteiger partial charge in [-0.05, 0) is 18.9 Å². The predicted molar refractivity (Wildman–Crippen MR) is 89.2 cm³/mol. The highest BCUT2D eigenvalue weighted by atomic mass is 16.2. The molecule has 2 aliphatic rings. The van der Waals surface area contributed by atoms with Crippen molar-refractivity contribution in [3.63, 3.8) is 0 Å². The van der Waals surface area contributed by atoms with Crippen molar-refractivity contribution in [2.45, 2.75) is 58.4 Å². The molecule has 2 heterocycles. The highest BCUT2D eigenvalue weighted by molar-refractivity contribution is 5.79. The number of aromatic nitrogens is 2. The Morgan fingerprint density at radius 2 is 1.87 bits per heavy atom. The maximum atomic E-state index is 12.3. The molecule has 1 aromatic heterocycles. The molecule has 5 nitrogen and oxygen atoms in total. The first-order chi connectivity index (χ1) is 10.8. The molecular formula is C18H27N3O2. The number of hydrogen-bond donors (Lipinski definition) is 0. The van der Waals surface area contributed by atoms with Crippen molar-refractivity contribution in [3.8, 4) is 0 Å². The van der Waals surface area contributed by atoms with Crippen LogP contribution in [0.3, 0.4) is 0 Å². The van der Waals surface area contributed by atoms with Crippen LogP contribution in [-0.2, 0) is 16.8 Å². The zero-order valence-electron chi connectivity index (χ0n) is 14.4. The number of rotatable bonds is 3. The van der Waals surface area contributed by atoms with Gasteiger partial charge in [-0.3, -0.25) is 9.59 Å². The highest BCUT2D eigenvalue weighted by Gasteiger charge is 2.35. The molecule has 0 N–H and O–H groups in total. The smallest absolute Gasteiger partial charge is 0.266 e. The average molecular weight is 317 g/mol. The zero-order chi connectivity index (χ0) is 16.6. The van der Waals surface area contributed by atoms with Crippen LogP contribution in [0.1, 0.15) is 52.1 Å². The van der Waals surface area contributed by atoms with Gasteiger partial charge in [0.2, 0.25) is 5.91 Å². The fourth-order valence-electron chi connectivity index (χ4n) is 3.52. The van der Waals surface area contributed by atoms with Gasteiger partial charge in [-0.15, -0.1) is 0 Å². The number of likely N-dealkylation sites (tertiary alicyclic amines) is 1. The Labute approximate surface area is 137 Å². The molecular weight excluding hydrogens is 290 g/mol. The number of carbonyl (C=O) groups is 1. The molecule has 0 radical (unpaired) electrons. The van der Waals surface area contributed by atoms with Crippen molar-refractivity contribution in [1.29, 1.82) is 0 Å². The minimum absolute atomic E-state index is 0.0569. The van der Waals surface area contributed by atoms with Gasteiger partial charge in [0.15, 0.2) is 0 Å². The van der Waals surface area contributed by atoms with Crippen molar-refractivity contribution in [2.24, 2.45) is 11.8 Å².